The van der Waals surface area contributed by atoms with Gasteiger partial charge in [0.15, 0.2) is 5.69 Å². The third-order valence-corrected chi connectivity index (χ3v) is 3.24. The van der Waals surface area contributed by atoms with Crippen molar-refractivity contribution in [2.75, 3.05) is 6.54 Å². The van der Waals surface area contributed by atoms with Crippen molar-refractivity contribution in [3.8, 4) is 11.5 Å². The summed E-state index contributed by atoms with van der Waals surface area (Å²) in [5.74, 6) is 0.593. The molecular weight excluding hydrogens is 242 g/mol. The minimum Gasteiger partial charge on any atom is -0.311 e. The number of halogens is 1. The SMILES string of the molecule is Cn1nnnc1-c1nn2c(c1Cl)CNCCC2. The minimum absolute atomic E-state index is 0.593. The first kappa shape index (κ1) is 10.7. The Hall–Kier alpha value is -1.47. The molecule has 17 heavy (non-hydrogen) atoms. The number of nitrogens with zero attached hydrogens (tertiary/aromatic N) is 6. The van der Waals surface area contributed by atoms with Gasteiger partial charge in [0.05, 0.1) is 10.7 Å². The maximum absolute atomic E-state index is 6.35. The van der Waals surface area contributed by atoms with E-state index in [0.29, 0.717) is 16.5 Å². The maximum Gasteiger partial charge on any atom is 0.203 e. The van der Waals surface area contributed by atoms with Crippen molar-refractivity contribution in [3.05, 3.63) is 10.7 Å². The molecule has 2 aromatic rings. The van der Waals surface area contributed by atoms with Crippen molar-refractivity contribution >= 4 is 11.6 Å². The molecule has 0 bridgehead atoms. The van der Waals surface area contributed by atoms with Crippen LogP contribution in [0.25, 0.3) is 11.5 Å². The molecule has 0 fully saturated rings. The van der Waals surface area contributed by atoms with Crippen LogP contribution in [-0.2, 0) is 20.1 Å². The Kier molecular flexibility index (Phi) is 2.56. The molecule has 0 spiro atoms. The van der Waals surface area contributed by atoms with E-state index in [0.717, 1.165) is 31.7 Å². The van der Waals surface area contributed by atoms with E-state index in [1.165, 1.54) is 0 Å². The lowest BCUT2D eigenvalue weighted by Gasteiger charge is -1.99. The highest BCUT2D eigenvalue weighted by atomic mass is 35.5. The summed E-state index contributed by atoms with van der Waals surface area (Å²) < 4.78 is 3.51. The fraction of sp³-hybridized carbons (Fsp3) is 0.556. The molecular formula is C9H12ClN7. The zero-order valence-electron chi connectivity index (χ0n) is 9.39. The third-order valence-electron chi connectivity index (χ3n) is 2.84. The molecule has 0 atom stereocenters. The van der Waals surface area contributed by atoms with Gasteiger partial charge in [0.2, 0.25) is 5.82 Å². The molecule has 90 valence electrons. The lowest BCUT2D eigenvalue weighted by atomic mass is 10.3. The first-order valence-electron chi connectivity index (χ1n) is 5.46. The summed E-state index contributed by atoms with van der Waals surface area (Å²) in [6.45, 7) is 2.59. The number of hydrogen-bond acceptors (Lipinski definition) is 5. The van der Waals surface area contributed by atoms with Gasteiger partial charge in [-0.1, -0.05) is 11.6 Å². The van der Waals surface area contributed by atoms with Crippen molar-refractivity contribution in [1.29, 1.82) is 0 Å². The van der Waals surface area contributed by atoms with Gasteiger partial charge >= 0.3 is 0 Å². The summed E-state index contributed by atoms with van der Waals surface area (Å²) in [5.41, 5.74) is 1.65. The summed E-state index contributed by atoms with van der Waals surface area (Å²) in [5, 5.41) is 19.8. The first-order valence-corrected chi connectivity index (χ1v) is 5.84. The van der Waals surface area contributed by atoms with E-state index >= 15 is 0 Å². The molecule has 0 saturated carbocycles. The van der Waals surface area contributed by atoms with Gasteiger partial charge in [-0.15, -0.1) is 5.10 Å². The lowest BCUT2D eigenvalue weighted by Crippen LogP contribution is -2.12. The van der Waals surface area contributed by atoms with Gasteiger partial charge in [0.1, 0.15) is 0 Å². The van der Waals surface area contributed by atoms with Gasteiger partial charge in [-0.2, -0.15) is 5.10 Å². The van der Waals surface area contributed by atoms with E-state index < -0.39 is 0 Å². The smallest absolute Gasteiger partial charge is 0.203 e. The average molecular weight is 254 g/mol. The summed E-state index contributed by atoms with van der Waals surface area (Å²) in [6.07, 6.45) is 1.04. The van der Waals surface area contributed by atoms with Crippen molar-refractivity contribution in [2.24, 2.45) is 7.05 Å². The van der Waals surface area contributed by atoms with E-state index in [-0.39, 0.29) is 0 Å². The monoisotopic (exact) mass is 253 g/mol. The molecule has 0 unspecified atom stereocenters. The van der Waals surface area contributed by atoms with Crippen LogP contribution in [0.4, 0.5) is 0 Å². The second kappa shape index (κ2) is 4.08. The molecule has 0 amide bonds. The van der Waals surface area contributed by atoms with Gasteiger partial charge in [0, 0.05) is 20.1 Å². The quantitative estimate of drug-likeness (QED) is 0.787. The highest BCUT2D eigenvalue weighted by molar-refractivity contribution is 6.33. The van der Waals surface area contributed by atoms with Crippen LogP contribution in [0.15, 0.2) is 0 Å². The summed E-state index contributed by atoms with van der Waals surface area (Å²) in [4.78, 5) is 0. The Bertz CT molecular complexity index is 544. The van der Waals surface area contributed by atoms with Crippen LogP contribution < -0.4 is 5.32 Å². The number of nitrogens with one attached hydrogen (secondary N) is 1. The van der Waals surface area contributed by atoms with Gasteiger partial charge < -0.3 is 5.32 Å². The Balaban J connectivity index is 2.11. The van der Waals surface area contributed by atoms with Gasteiger partial charge in [-0.05, 0) is 23.4 Å². The molecule has 0 radical (unpaired) electrons. The standard InChI is InChI=1S/C9H12ClN7/c1-16-9(12-14-15-16)8-7(10)6-5-11-3-2-4-17(6)13-8/h11H,2-5H2,1H3. The van der Waals surface area contributed by atoms with E-state index in [1.54, 1.807) is 11.7 Å². The zero-order chi connectivity index (χ0) is 11.8. The van der Waals surface area contributed by atoms with E-state index in [4.69, 9.17) is 11.6 Å². The van der Waals surface area contributed by atoms with Crippen LogP contribution in [-0.4, -0.2) is 36.5 Å². The van der Waals surface area contributed by atoms with Crippen LogP contribution in [0.1, 0.15) is 12.1 Å². The van der Waals surface area contributed by atoms with Gasteiger partial charge in [-0.3, -0.25) is 4.68 Å². The second-order valence-corrected chi connectivity index (χ2v) is 4.37. The molecule has 8 heteroatoms. The maximum atomic E-state index is 6.35. The van der Waals surface area contributed by atoms with Crippen LogP contribution >= 0.6 is 11.6 Å². The number of aryl methyl sites for hydroxylation is 2. The molecule has 2 aromatic heterocycles. The third kappa shape index (κ3) is 1.71. The molecule has 0 aromatic carbocycles. The molecule has 3 rings (SSSR count). The normalized spacial score (nSPS) is 15.6. The molecule has 1 aliphatic heterocycles. The van der Waals surface area contributed by atoms with Crippen LogP contribution in [0.3, 0.4) is 0 Å². The molecule has 1 aliphatic rings. The largest absolute Gasteiger partial charge is 0.311 e. The highest BCUT2D eigenvalue weighted by Gasteiger charge is 2.21. The topological polar surface area (TPSA) is 73.5 Å². The molecule has 0 saturated heterocycles. The first-order chi connectivity index (χ1) is 8.27. The van der Waals surface area contributed by atoms with Crippen molar-refractivity contribution < 1.29 is 0 Å². The van der Waals surface area contributed by atoms with E-state index in [2.05, 4.69) is 25.9 Å². The average Bonchev–Trinajstić information content (AvgIpc) is 2.76. The Morgan fingerprint density at radius 1 is 1.41 bits per heavy atom. The second-order valence-electron chi connectivity index (χ2n) is 3.99. The van der Waals surface area contributed by atoms with Crippen LogP contribution in [0.2, 0.25) is 5.02 Å². The van der Waals surface area contributed by atoms with Crippen molar-refractivity contribution in [2.45, 2.75) is 19.5 Å². The molecule has 7 nitrogen and oxygen atoms in total. The highest BCUT2D eigenvalue weighted by Crippen LogP contribution is 2.28. The number of tetrazole rings is 1. The number of rotatable bonds is 1. The molecule has 0 aliphatic carbocycles. The van der Waals surface area contributed by atoms with Crippen molar-refractivity contribution in [3.63, 3.8) is 0 Å². The fourth-order valence-corrected chi connectivity index (χ4v) is 2.25. The summed E-state index contributed by atoms with van der Waals surface area (Å²) >= 11 is 6.35. The van der Waals surface area contributed by atoms with Gasteiger partial charge in [0.25, 0.3) is 0 Å². The number of fused-ring (bicyclic) bond motifs is 1. The predicted molar refractivity (Wildman–Crippen MR) is 61.4 cm³/mol. The zero-order valence-corrected chi connectivity index (χ0v) is 10.1. The van der Waals surface area contributed by atoms with E-state index in [9.17, 15) is 0 Å². The molecule has 1 N–H and O–H groups in total. The Morgan fingerprint density at radius 3 is 3.06 bits per heavy atom. The van der Waals surface area contributed by atoms with Crippen molar-refractivity contribution in [1.82, 2.24) is 35.3 Å². The predicted octanol–water partition coefficient (Wildman–Crippen LogP) is 0.220. The number of hydrogen-bond donors (Lipinski definition) is 1. The van der Waals surface area contributed by atoms with Crippen LogP contribution in [0, 0.1) is 0 Å². The van der Waals surface area contributed by atoms with Crippen LogP contribution in [0.5, 0.6) is 0 Å². The Labute approximate surface area is 103 Å². The minimum atomic E-state index is 0.593. The van der Waals surface area contributed by atoms with Gasteiger partial charge in [-0.25, -0.2) is 4.68 Å². The lowest BCUT2D eigenvalue weighted by molar-refractivity contribution is 0.587. The summed E-state index contributed by atoms with van der Waals surface area (Å²) in [7, 11) is 1.77. The number of aromatic nitrogens is 6. The fourth-order valence-electron chi connectivity index (χ4n) is 1.96. The van der Waals surface area contributed by atoms with E-state index in [1.807, 2.05) is 4.68 Å². The summed E-state index contributed by atoms with van der Waals surface area (Å²) in [6, 6.07) is 0. The Morgan fingerprint density at radius 2 is 2.29 bits per heavy atom. The molecule has 3 heterocycles.